The Morgan fingerprint density at radius 3 is 1.02 bits per heavy atom. The van der Waals surface area contributed by atoms with Crippen LogP contribution in [0.2, 0.25) is 0 Å². The number of carbonyl (C=O) groups is 6. The van der Waals surface area contributed by atoms with Gasteiger partial charge in [-0.25, -0.2) is 9.98 Å². The summed E-state index contributed by atoms with van der Waals surface area (Å²) in [6, 6.07) is 45.9. The number of carbonyl (C=O) groups excluding carboxylic acids is 6. The number of allylic oxidation sites excluding steroid dienone is 2. The molecule has 18 nitrogen and oxygen atoms in total. The van der Waals surface area contributed by atoms with Crippen LogP contribution < -0.4 is 0 Å². The minimum Gasteiger partial charge on any atom is -0.459 e. The Bertz CT molecular complexity index is 4140. The fourth-order valence-corrected chi connectivity index (χ4v) is 18.4. The number of esters is 4. The van der Waals surface area contributed by atoms with E-state index in [1.807, 2.05) is 24.3 Å². The summed E-state index contributed by atoms with van der Waals surface area (Å²) < 4.78 is 25.7. The summed E-state index contributed by atoms with van der Waals surface area (Å²) in [6.07, 6.45) is 0. The zero-order valence-corrected chi connectivity index (χ0v) is 51.0. The van der Waals surface area contributed by atoms with E-state index in [0.29, 0.717) is 51.2 Å². The largest absolute Gasteiger partial charge is 0.459 e. The van der Waals surface area contributed by atoms with Crippen LogP contribution in [0.1, 0.15) is 58.4 Å². The predicted molar refractivity (Wildman–Crippen MR) is 333 cm³/mol. The molecule has 4 aromatic carbocycles. The molecule has 12 rings (SSSR count). The van der Waals surface area contributed by atoms with E-state index in [0.717, 1.165) is 68.9 Å². The molecule has 24 heteroatoms. The highest BCUT2D eigenvalue weighted by Crippen LogP contribution is 2.68. The number of ether oxygens (including phenoxy) is 4. The van der Waals surface area contributed by atoms with Crippen molar-refractivity contribution in [2.75, 3.05) is 13.1 Å². The lowest BCUT2D eigenvalue weighted by atomic mass is 9.77. The van der Waals surface area contributed by atoms with E-state index >= 15 is 19.2 Å². The van der Waals surface area contributed by atoms with E-state index in [1.165, 1.54) is 21.9 Å². The summed E-state index contributed by atoms with van der Waals surface area (Å²) in [4.78, 5) is 105. The average molecular weight is 1270 g/mol. The first-order valence-electron chi connectivity index (χ1n) is 26.8. The maximum Gasteiger partial charge on any atom is 0.333 e. The molecule has 2 amide bonds. The van der Waals surface area contributed by atoms with Crippen molar-refractivity contribution < 1.29 is 47.7 Å². The van der Waals surface area contributed by atoms with Crippen molar-refractivity contribution in [3.05, 3.63) is 199 Å². The summed E-state index contributed by atoms with van der Waals surface area (Å²) in [5.74, 6) is -5.28. The number of hydrogen-bond acceptors (Lipinski definition) is 22. The Balaban J connectivity index is 1.11. The third kappa shape index (κ3) is 9.76. The lowest BCUT2D eigenvalue weighted by Crippen LogP contribution is -2.46. The number of benzene rings is 4. The number of aliphatic imine (C=N–C) groups is 2. The third-order valence-corrected chi connectivity index (χ3v) is 21.8. The molecule has 88 heavy (non-hydrogen) atoms. The van der Waals surface area contributed by atoms with Crippen molar-refractivity contribution >= 4 is 134 Å². The predicted octanol–water partition coefficient (Wildman–Crippen LogP) is 12.4. The molecular weight excluding hydrogens is 1230 g/mol. The van der Waals surface area contributed by atoms with Gasteiger partial charge < -0.3 is 18.9 Å². The Labute approximate surface area is 526 Å². The van der Waals surface area contributed by atoms with Crippen LogP contribution in [0, 0.1) is 45.3 Å². The highest BCUT2D eigenvalue weighted by atomic mass is 32.2. The molecule has 0 atom stereocenters. The van der Waals surface area contributed by atoms with Gasteiger partial charge >= 0.3 is 23.9 Å². The zero-order valence-electron chi connectivity index (χ0n) is 46.1. The van der Waals surface area contributed by atoms with E-state index in [2.05, 4.69) is 0 Å². The van der Waals surface area contributed by atoms with Crippen LogP contribution in [0.3, 0.4) is 0 Å². The van der Waals surface area contributed by atoms with Crippen LogP contribution in [0.4, 0.5) is 10.0 Å². The van der Waals surface area contributed by atoms with Gasteiger partial charge in [-0.15, -0.1) is 45.3 Å². The molecule has 4 aromatic heterocycles. The molecular formula is C64H40N8O10S6. The summed E-state index contributed by atoms with van der Waals surface area (Å²) >= 11 is 6.00. The minimum absolute atomic E-state index is 0.0816. The Kier molecular flexibility index (Phi) is 16.1. The lowest BCUT2D eigenvalue weighted by Gasteiger charge is -2.27. The van der Waals surface area contributed by atoms with Gasteiger partial charge in [-0.05, 0) is 71.8 Å². The molecule has 2 fully saturated rings. The fourth-order valence-electron chi connectivity index (χ4n) is 10.6. The van der Waals surface area contributed by atoms with Crippen molar-refractivity contribution in [2.45, 2.75) is 51.1 Å². The molecule has 0 spiro atoms. The standard InChI is InChI=1S/C64H40N8O10S6/c1-3-71-55(73)53(87-57(71)39(27-65)28-66)69-43-25-41-47(83-43)49-45(63(41,59(75)79-31-35-17-9-5-10-18-35)60(76)80-32-36-19-11-6-12-20-36)51-52(85-49)46-50(86-51)48-42(26-44(84-48)70-54-56(74)72(4-2)58(88-54)40(29-67)30-68)64(46,61(77)81-33-37-21-13-7-14-22-37)62(78)82-34-38-23-15-8-16-24-38/h5-26H,3-4,31-34H2,1-2H3. The number of thioether (sulfide) groups is 2. The van der Waals surface area contributed by atoms with Gasteiger partial charge in [0.1, 0.15) is 70.8 Å². The molecule has 432 valence electrons. The van der Waals surface area contributed by atoms with Gasteiger partial charge in [0.15, 0.2) is 21.2 Å². The Morgan fingerprint density at radius 2 is 0.750 bits per heavy atom. The monoisotopic (exact) mass is 1270 g/mol. The second kappa shape index (κ2) is 24.2. The van der Waals surface area contributed by atoms with Crippen LogP contribution in [0.25, 0.3) is 28.9 Å². The SMILES string of the molecule is CCN1C(=O)C(=Nc2cc3c(s2)-c2sc4c5c(sc4c2C3(C(=O)OCc2ccccc2)C(=O)OCc2ccccc2)-c2sc(N=C3SC(=C(C#N)C#N)N(CC)C3=O)cc2C5(C(=O)OCc2ccccc2)C(=O)OCc2ccccc2)SC1=C(C#N)C#N. The van der Waals surface area contributed by atoms with Gasteiger partial charge in [-0.1, -0.05) is 121 Å². The molecule has 0 radical (unpaired) electrons. The summed E-state index contributed by atoms with van der Waals surface area (Å²) in [7, 11) is 0. The van der Waals surface area contributed by atoms with Crippen LogP contribution in [0.5, 0.6) is 0 Å². The van der Waals surface area contributed by atoms with Crippen molar-refractivity contribution in [2.24, 2.45) is 9.98 Å². The van der Waals surface area contributed by atoms with Crippen LogP contribution in [-0.4, -0.2) is 68.7 Å². The van der Waals surface area contributed by atoms with E-state index in [9.17, 15) is 30.6 Å². The van der Waals surface area contributed by atoms with E-state index in [1.54, 1.807) is 135 Å². The average Bonchev–Trinajstić information content (AvgIpc) is 1.56. The quantitative estimate of drug-likeness (QED) is 0.0376. The van der Waals surface area contributed by atoms with Gasteiger partial charge in [-0.3, -0.25) is 38.6 Å². The highest BCUT2D eigenvalue weighted by molar-refractivity contribution is 8.20. The molecule has 2 aliphatic heterocycles. The van der Waals surface area contributed by atoms with Gasteiger partial charge in [0.05, 0.1) is 28.9 Å². The van der Waals surface area contributed by atoms with E-state index in [4.69, 9.17) is 28.9 Å². The smallest absolute Gasteiger partial charge is 0.333 e. The van der Waals surface area contributed by atoms with Crippen molar-refractivity contribution in [3.63, 3.8) is 0 Å². The summed E-state index contributed by atoms with van der Waals surface area (Å²) in [5.41, 5.74) is -2.57. The van der Waals surface area contributed by atoms with E-state index in [-0.39, 0.29) is 103 Å². The second-order valence-electron chi connectivity index (χ2n) is 19.6. The minimum atomic E-state index is -2.45. The van der Waals surface area contributed by atoms with Gasteiger partial charge in [-0.2, -0.15) is 21.0 Å². The first-order valence-corrected chi connectivity index (χ1v) is 31.7. The first-order chi connectivity index (χ1) is 42.8. The first kappa shape index (κ1) is 58.6. The third-order valence-electron chi connectivity index (χ3n) is 14.7. The molecule has 8 aromatic rings. The Morgan fingerprint density at radius 1 is 0.455 bits per heavy atom. The number of fused-ring (bicyclic) bond motifs is 9. The summed E-state index contributed by atoms with van der Waals surface area (Å²) in [5, 5.41) is 39.7. The number of thiophene rings is 4. The highest BCUT2D eigenvalue weighted by Gasteiger charge is 2.65. The molecule has 0 saturated carbocycles. The fraction of sp³-hybridized carbons (Fsp3) is 0.156. The maximum atomic E-state index is 15.9. The van der Waals surface area contributed by atoms with Gasteiger partial charge in [0, 0.05) is 35.3 Å². The molecule has 0 bridgehead atoms. The van der Waals surface area contributed by atoms with Gasteiger partial charge in [0.2, 0.25) is 10.8 Å². The van der Waals surface area contributed by atoms with Crippen LogP contribution in [-0.2, 0) is 85.0 Å². The van der Waals surface area contributed by atoms with Crippen molar-refractivity contribution in [3.8, 4) is 43.8 Å². The lowest BCUT2D eigenvalue weighted by molar-refractivity contribution is -0.166. The summed E-state index contributed by atoms with van der Waals surface area (Å²) in [6.45, 7) is 2.47. The maximum absolute atomic E-state index is 15.9. The molecule has 4 aliphatic rings. The molecule has 0 N–H and O–H groups in total. The number of amides is 2. The molecule has 2 aliphatic carbocycles. The van der Waals surface area contributed by atoms with Crippen LogP contribution >= 0.6 is 68.9 Å². The van der Waals surface area contributed by atoms with Gasteiger partial charge in [0.25, 0.3) is 11.8 Å². The number of nitriles is 4. The Hall–Kier alpha value is -9.76. The second-order valence-corrected chi connectivity index (χ2v) is 25.7. The molecule has 0 unspecified atom stereocenters. The normalized spacial score (nSPS) is 15.7. The number of hydrogen-bond donors (Lipinski definition) is 0. The number of rotatable bonds is 16. The topological polar surface area (TPSA) is 266 Å². The molecule has 6 heterocycles. The van der Waals surface area contributed by atoms with E-state index < -0.39 is 46.5 Å². The molecule has 2 saturated heterocycles. The number of nitrogens with zero attached hydrogens (tertiary/aromatic N) is 8. The van der Waals surface area contributed by atoms with Crippen LogP contribution in [0.15, 0.2) is 165 Å². The zero-order chi connectivity index (χ0) is 61.4. The van der Waals surface area contributed by atoms with Crippen molar-refractivity contribution in [1.29, 1.82) is 21.0 Å². The van der Waals surface area contributed by atoms with Crippen molar-refractivity contribution in [1.82, 2.24) is 9.80 Å².